The van der Waals surface area contributed by atoms with Crippen molar-refractivity contribution in [1.29, 1.82) is 0 Å². The molecule has 0 saturated carbocycles. The van der Waals surface area contributed by atoms with E-state index in [1.807, 2.05) is 62.4 Å². The number of primary amides is 2. The lowest BCUT2D eigenvalue weighted by molar-refractivity contribution is -0.143. The van der Waals surface area contributed by atoms with Crippen LogP contribution in [0, 0.1) is 10.8 Å². The number of nitrogens with two attached hydrogens (primary N) is 2. The molecule has 4 saturated heterocycles. The fraction of sp³-hybridized carbons (Fsp3) is 0.588. The lowest BCUT2D eigenvalue weighted by Gasteiger charge is -2.35. The Morgan fingerprint density at radius 1 is 0.686 bits per heavy atom. The van der Waals surface area contributed by atoms with E-state index >= 15 is 0 Å². The van der Waals surface area contributed by atoms with Crippen LogP contribution in [0.3, 0.4) is 0 Å². The predicted molar refractivity (Wildman–Crippen MR) is 376 cm³/mol. The first-order chi connectivity index (χ1) is 49.9. The third-order valence-corrected chi connectivity index (χ3v) is 18.8. The van der Waals surface area contributed by atoms with Gasteiger partial charge in [-0.05, 0) is 89.2 Å². The molecule has 1 aromatic heterocycles. The molecule has 8 aliphatic rings. The molecule has 37 heteroatoms. The van der Waals surface area contributed by atoms with Crippen molar-refractivity contribution < 1.29 is 106 Å². The summed E-state index contributed by atoms with van der Waals surface area (Å²) >= 11 is 4.62. The van der Waals surface area contributed by atoms with Gasteiger partial charge in [-0.2, -0.15) is 0 Å². The highest BCUT2D eigenvalue weighted by Gasteiger charge is 2.56. The Morgan fingerprint density at radius 3 is 1.69 bits per heavy atom. The van der Waals surface area contributed by atoms with Gasteiger partial charge in [-0.1, -0.05) is 95.5 Å². The van der Waals surface area contributed by atoms with E-state index in [9.17, 15) is 48.6 Å². The molecular weight excluding hydrogens is 1410 g/mol. The number of carboxylic acid groups (broad SMARTS) is 1. The van der Waals surface area contributed by atoms with Crippen LogP contribution in [0.5, 0.6) is 23.0 Å². The van der Waals surface area contributed by atoms with Gasteiger partial charge in [0.1, 0.15) is 41.4 Å². The van der Waals surface area contributed by atoms with Gasteiger partial charge in [0.25, 0.3) is 0 Å². The van der Waals surface area contributed by atoms with Crippen molar-refractivity contribution in [2.45, 2.75) is 191 Å². The zero-order chi connectivity index (χ0) is 76.0. The molecule has 12 atom stereocenters. The van der Waals surface area contributed by atoms with E-state index < -0.39 is 118 Å². The molecule has 4 aromatic rings. The first-order valence-corrected chi connectivity index (χ1v) is 36.3. The van der Waals surface area contributed by atoms with E-state index in [0.29, 0.717) is 108 Å². The van der Waals surface area contributed by atoms with Gasteiger partial charge in [-0.15, -0.1) is 5.10 Å². The average Bonchev–Trinajstić information content (AvgIpc) is 1.62. The zero-order valence-electron chi connectivity index (χ0n) is 59.6. The van der Waals surface area contributed by atoms with Gasteiger partial charge in [0.05, 0.1) is 62.5 Å². The number of ether oxygens (including phenoxy) is 8. The topological polar surface area (TPSA) is 470 Å². The second-order valence-corrected chi connectivity index (χ2v) is 29.3. The Morgan fingerprint density at radius 2 is 1.19 bits per heavy atom. The van der Waals surface area contributed by atoms with E-state index in [-0.39, 0.29) is 58.0 Å². The third-order valence-electron chi connectivity index (χ3n) is 18.3. The van der Waals surface area contributed by atoms with Crippen LogP contribution >= 0.6 is 7.58 Å². The van der Waals surface area contributed by atoms with Gasteiger partial charge in [0, 0.05) is 56.2 Å². The van der Waals surface area contributed by atoms with Gasteiger partial charge >= 0.3 is 18.2 Å². The number of para-hydroxylation sites is 1. The Hall–Kier alpha value is -9.32. The van der Waals surface area contributed by atoms with Crippen LogP contribution < -0.4 is 61.6 Å². The first kappa shape index (κ1) is 79.8. The van der Waals surface area contributed by atoms with E-state index in [2.05, 4.69) is 59.0 Å². The third kappa shape index (κ3) is 20.6. The molecule has 3 aromatic carbocycles. The van der Waals surface area contributed by atoms with Crippen LogP contribution in [0.15, 0.2) is 71.0 Å². The standard InChI is InChI=1S/C31H43N5O10.C20H26N4O6.C11H19NO5.C6H4N3OPS/c1-5-6-19(24(37)26(32)38)33-27(39)21-13-31(12-20(35-46-31)17-7-8-22-23(11-17)44-16-43-22)15-36(21)28(40)25(30(2,3)4)34-29(41)45-18-9-10-42-14-18;1-2-3-12(17(25)18(21)26)23-19(27)14-8-20(9-22-14)7-13(24-30-20)11-4-5-15-16(6-11)29-10-28-15;1-11(2,3)8(9(13)14)12-10(15)17-7-4-5-16-6-7;12-11-10-9-6-4-2-1-3-5(6)7-8-9/h7-8,11,18-19,21,24-25,37H,5-6,9-10,12-16H2,1-4H3,(H2,32,38)(H,33,39)(H,34,41);4-6,12,14,17,22,25H,2-3,7-10H2,1H3,(H2,21,26)(H,23,27);7-8H,4-6H2,1-3H3,(H,12,15)(H,13,14);1-4H/t18-,19-,21-,24?,25+,31+;12-,14-,17?,20+;7-,8+;/m000./s1. The van der Waals surface area contributed by atoms with Crippen molar-refractivity contribution in [3.05, 3.63) is 71.8 Å². The second-order valence-electron chi connectivity index (χ2n) is 28.6. The molecule has 35 nitrogen and oxygen atoms in total. The highest BCUT2D eigenvalue weighted by molar-refractivity contribution is 7.94. The Kier molecular flexibility index (Phi) is 26.7. The zero-order valence-corrected chi connectivity index (χ0v) is 61.3. The number of oxime groups is 2. The maximum Gasteiger partial charge on any atom is 0.408 e. The molecule has 7 amide bonds. The normalized spacial score (nSPS) is 23.4. The average molecular weight is 1510 g/mol. The molecule has 0 radical (unpaired) electrons. The van der Waals surface area contributed by atoms with Crippen LogP contribution in [-0.4, -0.2) is 219 Å². The molecule has 9 heterocycles. The van der Waals surface area contributed by atoms with Gasteiger partial charge in [0.2, 0.25) is 50.7 Å². The summed E-state index contributed by atoms with van der Waals surface area (Å²) in [6.45, 7) is 16.8. The van der Waals surface area contributed by atoms with Crippen molar-refractivity contribution in [3.63, 3.8) is 0 Å². The number of amides is 7. The minimum atomic E-state index is -1.62. The maximum absolute atomic E-state index is 14.4. The fourth-order valence-corrected chi connectivity index (χ4v) is 13.1. The number of aromatic nitrogens is 3. The number of hydrogen-bond acceptors (Lipinski definition) is 27. The number of fused-ring (bicyclic) bond motifs is 3. The summed E-state index contributed by atoms with van der Waals surface area (Å²) in [6.07, 6.45) is -0.739. The largest absolute Gasteiger partial charge is 0.480 e. The molecule has 572 valence electrons. The van der Waals surface area contributed by atoms with Crippen LogP contribution in [0.1, 0.15) is 131 Å². The second kappa shape index (κ2) is 35.2. The number of aliphatic carboxylic acids is 1. The summed E-state index contributed by atoms with van der Waals surface area (Å²) < 4.78 is 47.5. The summed E-state index contributed by atoms with van der Waals surface area (Å²) in [4.78, 5) is 114. The van der Waals surface area contributed by atoms with Crippen LogP contribution in [0.4, 0.5) is 9.59 Å². The smallest absolute Gasteiger partial charge is 0.408 e. The number of carboxylic acids is 1. The Balaban J connectivity index is 0.000000183. The molecular formula is C68H92N13O22PS. The Bertz CT molecular complexity index is 3860. The number of carbonyl (C=O) groups is 8. The number of benzene rings is 3. The molecule has 0 aliphatic carbocycles. The highest BCUT2D eigenvalue weighted by Crippen LogP contribution is 2.43. The lowest BCUT2D eigenvalue weighted by atomic mass is 9.85. The van der Waals surface area contributed by atoms with Gasteiger partial charge in [-0.3, -0.25) is 24.0 Å². The predicted octanol–water partition coefficient (Wildman–Crippen LogP) is 2.90. The maximum atomic E-state index is 14.4. The van der Waals surface area contributed by atoms with E-state index in [1.54, 1.807) is 53.7 Å². The quantitative estimate of drug-likeness (QED) is 0.0506. The number of likely N-dealkylation sites (tertiary alicyclic amines) is 1. The summed E-state index contributed by atoms with van der Waals surface area (Å²) in [5.41, 5.74) is 12.2. The van der Waals surface area contributed by atoms with Crippen molar-refractivity contribution in [2.75, 3.05) is 53.1 Å². The number of rotatable bonds is 22. The molecule has 105 heavy (non-hydrogen) atoms. The summed E-state index contributed by atoms with van der Waals surface area (Å²) in [5.74, 6) is -1.75. The van der Waals surface area contributed by atoms with Gasteiger partial charge in [0.15, 0.2) is 46.4 Å². The molecule has 0 bridgehead atoms. The number of aliphatic hydroxyl groups excluding tert-OH is 2. The number of alkyl carbamates (subject to hydrolysis) is 2. The van der Waals surface area contributed by atoms with E-state index in [0.717, 1.165) is 27.9 Å². The van der Waals surface area contributed by atoms with Crippen molar-refractivity contribution >= 4 is 89.5 Å². The molecule has 12 rings (SSSR count). The van der Waals surface area contributed by atoms with Gasteiger partial charge in [-0.25, -0.2) is 14.4 Å². The van der Waals surface area contributed by atoms with Crippen LogP contribution in [-0.2, 0) is 69.2 Å². The minimum Gasteiger partial charge on any atom is -0.480 e. The lowest BCUT2D eigenvalue weighted by Crippen LogP contribution is -2.59. The summed E-state index contributed by atoms with van der Waals surface area (Å²) in [5, 5.41) is 59.4. The SMILES string of the molecule is CC(C)(C)[C@H](NC(=O)O[C@H]1CCOC1)C(=O)O.CCC[C@H](NC(=O)[C@@H]1C[C@@]2(CN1)CC(c1ccc3c(c1)OCO3)=NO2)C(O)C(N)=O.CCC[C@H](NC(=O)[C@@H]1C[C@]2(CC(c3ccc4c(c3)OCO4)=NO2)CN1C(=O)[C@@H](NC(=O)O[C@H]1CCOC1)C(C)(C)C)C(O)C(N)=O.S=POn1nnc2ccccc21. The number of carbonyl (C=O) groups excluding carboxylic acids is 7. The number of aliphatic hydroxyl groups is 2. The molecule has 4 fully saturated rings. The number of nitrogens with one attached hydrogen (secondary N) is 5. The molecule has 2 unspecified atom stereocenters. The summed E-state index contributed by atoms with van der Waals surface area (Å²) in [6, 6.07) is 13.2. The van der Waals surface area contributed by atoms with Crippen molar-refractivity contribution in [3.8, 4) is 23.0 Å². The minimum absolute atomic E-state index is 0.0158. The van der Waals surface area contributed by atoms with Crippen molar-refractivity contribution in [2.24, 2.45) is 32.6 Å². The van der Waals surface area contributed by atoms with E-state index in [1.165, 1.54) is 9.75 Å². The molecule has 8 aliphatic heterocycles. The van der Waals surface area contributed by atoms with Gasteiger partial charge < -0.3 is 110 Å². The van der Waals surface area contributed by atoms with Crippen LogP contribution in [0.25, 0.3) is 11.0 Å². The summed E-state index contributed by atoms with van der Waals surface area (Å²) in [7, 11) is 0.389. The number of nitrogens with zero attached hydrogens (tertiary/aromatic N) is 6. The fourth-order valence-electron chi connectivity index (χ4n) is 12.7. The highest BCUT2D eigenvalue weighted by atomic mass is 32.4. The van der Waals surface area contributed by atoms with Crippen LogP contribution in [0.2, 0.25) is 0 Å². The van der Waals surface area contributed by atoms with E-state index in [4.69, 9.17) is 68.8 Å². The molecule has 2 spiro atoms. The monoisotopic (exact) mass is 1510 g/mol. The van der Waals surface area contributed by atoms with Crippen molar-refractivity contribution in [1.82, 2.24) is 46.6 Å². The Labute approximate surface area is 611 Å². The number of hydrogen-bond donors (Lipinski definition) is 10. The molecule has 12 N–H and O–H groups in total. The first-order valence-electron chi connectivity index (χ1n) is 34.5.